The quantitative estimate of drug-likeness (QED) is 0.597. The van der Waals surface area contributed by atoms with Crippen molar-refractivity contribution in [2.24, 2.45) is 40.4 Å². The first-order valence-corrected chi connectivity index (χ1v) is 11.5. The Kier molecular flexibility index (Phi) is 5.38. The molecule has 0 saturated heterocycles. The van der Waals surface area contributed by atoms with Crippen LogP contribution in [-0.4, -0.2) is 30.6 Å². The molecule has 4 rings (SSSR count). The number of halogens is 2. The zero-order valence-electron chi connectivity index (χ0n) is 18.3. The molecule has 7 unspecified atom stereocenters. The predicted molar refractivity (Wildman–Crippen MR) is 107 cm³/mol. The van der Waals surface area contributed by atoms with Crippen LogP contribution in [0.5, 0.6) is 0 Å². The van der Waals surface area contributed by atoms with Gasteiger partial charge in [0.1, 0.15) is 5.78 Å². The third-order valence-corrected chi connectivity index (χ3v) is 9.67. The number of esters is 1. The number of alkyl halides is 2. The fourth-order valence-electron chi connectivity index (χ4n) is 7.95. The fourth-order valence-corrected chi connectivity index (χ4v) is 7.95. The minimum atomic E-state index is -3.26. The van der Waals surface area contributed by atoms with Gasteiger partial charge in [-0.1, -0.05) is 13.8 Å². The van der Waals surface area contributed by atoms with Crippen LogP contribution < -0.4 is 0 Å². The second kappa shape index (κ2) is 7.37. The van der Waals surface area contributed by atoms with Gasteiger partial charge in [0.05, 0.1) is 7.11 Å². The molecule has 0 aliphatic heterocycles. The summed E-state index contributed by atoms with van der Waals surface area (Å²) in [5, 5.41) is 0. The van der Waals surface area contributed by atoms with Gasteiger partial charge in [0, 0.05) is 31.6 Å². The second-order valence-corrected chi connectivity index (χ2v) is 10.9. The van der Waals surface area contributed by atoms with E-state index in [4.69, 9.17) is 4.74 Å². The Balaban J connectivity index is 1.54. The molecule has 4 aliphatic rings. The van der Waals surface area contributed by atoms with Crippen molar-refractivity contribution in [3.8, 4) is 0 Å². The number of hydrogen-bond donors (Lipinski definition) is 0. The van der Waals surface area contributed by atoms with E-state index in [-0.39, 0.29) is 53.7 Å². The van der Waals surface area contributed by atoms with Crippen molar-refractivity contribution in [3.63, 3.8) is 0 Å². The monoisotopic (exact) mass is 424 g/mol. The van der Waals surface area contributed by atoms with Crippen LogP contribution in [0.3, 0.4) is 0 Å². The molecule has 30 heavy (non-hydrogen) atoms. The molecule has 4 saturated carbocycles. The van der Waals surface area contributed by atoms with Crippen molar-refractivity contribution >= 4 is 17.5 Å². The molecule has 0 amide bonds. The molecule has 0 heterocycles. The summed E-state index contributed by atoms with van der Waals surface area (Å²) in [5.74, 6) is -3.98. The van der Waals surface area contributed by atoms with E-state index in [2.05, 4.69) is 6.92 Å². The Morgan fingerprint density at radius 3 is 2.47 bits per heavy atom. The number of carbonyl (C=O) groups excluding carboxylic acids is 3. The van der Waals surface area contributed by atoms with Gasteiger partial charge in [-0.05, 0) is 73.0 Å². The number of methoxy groups -OCH3 is 1. The van der Waals surface area contributed by atoms with Crippen LogP contribution in [0.1, 0.15) is 78.1 Å². The molecule has 0 radical (unpaired) electrons. The highest BCUT2D eigenvalue weighted by Crippen LogP contribution is 2.67. The Hall–Kier alpha value is -1.33. The van der Waals surface area contributed by atoms with Gasteiger partial charge < -0.3 is 4.74 Å². The third kappa shape index (κ3) is 3.24. The minimum Gasteiger partial charge on any atom is -0.469 e. The largest absolute Gasteiger partial charge is 0.469 e. The van der Waals surface area contributed by atoms with Crippen LogP contribution >= 0.6 is 0 Å². The van der Waals surface area contributed by atoms with E-state index in [0.717, 1.165) is 38.5 Å². The van der Waals surface area contributed by atoms with Crippen LogP contribution in [-0.2, 0) is 19.1 Å². The standard InChI is InChI=1S/C24H34F2O4/c1-22-10-9-17-21(16(22)8-7-14(22)5-4-6-20(29)30-3)18(27)11-15-12-19(28)24(25,26)13-23(15,17)2/h14-17,21H,4-13H2,1-3H3. The summed E-state index contributed by atoms with van der Waals surface area (Å²) in [6.07, 6.45) is 5.60. The van der Waals surface area contributed by atoms with Crippen LogP contribution in [0.4, 0.5) is 8.78 Å². The molecule has 0 bridgehead atoms. The van der Waals surface area contributed by atoms with Gasteiger partial charge in [-0.25, -0.2) is 0 Å². The zero-order valence-corrected chi connectivity index (χ0v) is 18.3. The summed E-state index contributed by atoms with van der Waals surface area (Å²) in [6.45, 7) is 4.21. The average Bonchev–Trinajstić information content (AvgIpc) is 3.00. The second-order valence-electron chi connectivity index (χ2n) is 10.9. The van der Waals surface area contributed by atoms with E-state index in [1.807, 2.05) is 6.92 Å². The van der Waals surface area contributed by atoms with Gasteiger partial charge in [-0.15, -0.1) is 0 Å². The predicted octanol–water partition coefficient (Wildman–Crippen LogP) is 4.98. The fraction of sp³-hybridized carbons (Fsp3) is 0.875. The first-order valence-electron chi connectivity index (χ1n) is 11.5. The number of Topliss-reactive ketones (excluding diaryl/α,β-unsaturated/α-hetero) is 2. The molecule has 0 aromatic rings. The van der Waals surface area contributed by atoms with E-state index >= 15 is 0 Å². The molecule has 0 aromatic heterocycles. The first-order chi connectivity index (χ1) is 14.0. The van der Waals surface area contributed by atoms with Gasteiger partial charge in [0.25, 0.3) is 0 Å². The highest BCUT2D eigenvalue weighted by atomic mass is 19.3. The van der Waals surface area contributed by atoms with E-state index in [1.165, 1.54) is 7.11 Å². The van der Waals surface area contributed by atoms with Crippen molar-refractivity contribution in [1.29, 1.82) is 0 Å². The molecular weight excluding hydrogens is 390 g/mol. The van der Waals surface area contributed by atoms with Crippen LogP contribution in [0.25, 0.3) is 0 Å². The Bertz CT molecular complexity index is 749. The summed E-state index contributed by atoms with van der Waals surface area (Å²) < 4.78 is 33.6. The average molecular weight is 425 g/mol. The summed E-state index contributed by atoms with van der Waals surface area (Å²) in [5.41, 5.74) is -0.608. The maximum absolute atomic E-state index is 14.4. The molecule has 0 aromatic carbocycles. The lowest BCUT2D eigenvalue weighted by atomic mass is 9.44. The molecule has 4 aliphatic carbocycles. The topological polar surface area (TPSA) is 60.4 Å². The molecular formula is C24H34F2O4. The van der Waals surface area contributed by atoms with Crippen LogP contribution in [0.2, 0.25) is 0 Å². The lowest BCUT2D eigenvalue weighted by Crippen LogP contribution is -2.60. The molecule has 6 heteroatoms. The van der Waals surface area contributed by atoms with Crippen molar-refractivity contribution in [2.45, 2.75) is 84.0 Å². The highest BCUT2D eigenvalue weighted by molar-refractivity contribution is 5.89. The van der Waals surface area contributed by atoms with E-state index in [9.17, 15) is 23.2 Å². The maximum atomic E-state index is 14.4. The minimum absolute atomic E-state index is 0.0309. The van der Waals surface area contributed by atoms with Crippen molar-refractivity contribution < 1.29 is 27.9 Å². The molecule has 0 N–H and O–H groups in total. The summed E-state index contributed by atoms with van der Waals surface area (Å²) >= 11 is 0. The lowest BCUT2D eigenvalue weighted by molar-refractivity contribution is -0.185. The molecule has 4 fully saturated rings. The van der Waals surface area contributed by atoms with Gasteiger partial charge in [0.2, 0.25) is 5.78 Å². The molecule has 168 valence electrons. The molecule has 0 spiro atoms. The summed E-state index contributed by atoms with van der Waals surface area (Å²) in [4.78, 5) is 36.7. The zero-order chi connectivity index (χ0) is 21.9. The van der Waals surface area contributed by atoms with E-state index < -0.39 is 23.5 Å². The Morgan fingerprint density at radius 1 is 1.07 bits per heavy atom. The summed E-state index contributed by atoms with van der Waals surface area (Å²) in [7, 11) is 1.40. The van der Waals surface area contributed by atoms with Gasteiger partial charge in [0.15, 0.2) is 0 Å². The Labute approximate surface area is 177 Å². The van der Waals surface area contributed by atoms with E-state index in [1.54, 1.807) is 0 Å². The number of hydrogen-bond acceptors (Lipinski definition) is 4. The smallest absolute Gasteiger partial charge is 0.305 e. The number of carbonyl (C=O) groups is 3. The number of ketones is 2. The first kappa shape index (κ1) is 21.9. The lowest BCUT2D eigenvalue weighted by Gasteiger charge is -2.60. The SMILES string of the molecule is COC(=O)CCCC1CCC2C3C(=O)CC4CC(=O)C(F)(F)CC4(C)C3CCC12C. The van der Waals surface area contributed by atoms with Gasteiger partial charge in [-0.2, -0.15) is 8.78 Å². The molecule has 4 nitrogen and oxygen atoms in total. The van der Waals surface area contributed by atoms with Gasteiger partial charge >= 0.3 is 11.9 Å². The number of rotatable bonds is 4. The maximum Gasteiger partial charge on any atom is 0.305 e. The van der Waals surface area contributed by atoms with Crippen molar-refractivity contribution in [1.82, 2.24) is 0 Å². The van der Waals surface area contributed by atoms with Gasteiger partial charge in [-0.3, -0.25) is 14.4 Å². The highest BCUT2D eigenvalue weighted by Gasteiger charge is 2.66. The number of ether oxygens (including phenoxy) is 1. The Morgan fingerprint density at radius 2 is 1.77 bits per heavy atom. The van der Waals surface area contributed by atoms with Crippen LogP contribution in [0, 0.1) is 40.4 Å². The van der Waals surface area contributed by atoms with E-state index in [0.29, 0.717) is 12.3 Å². The van der Waals surface area contributed by atoms with Crippen molar-refractivity contribution in [3.05, 3.63) is 0 Å². The van der Waals surface area contributed by atoms with Crippen molar-refractivity contribution in [2.75, 3.05) is 7.11 Å². The summed E-state index contributed by atoms with van der Waals surface area (Å²) in [6, 6.07) is 0. The third-order valence-electron chi connectivity index (χ3n) is 9.67. The number of fused-ring (bicyclic) bond motifs is 5. The normalized spacial score (nSPS) is 44.8. The van der Waals surface area contributed by atoms with Crippen LogP contribution in [0.15, 0.2) is 0 Å². The molecule has 7 atom stereocenters.